The summed E-state index contributed by atoms with van der Waals surface area (Å²) in [5, 5.41) is 23.2. The number of fused-ring (bicyclic) bond motifs is 2. The van der Waals surface area contributed by atoms with Crippen molar-refractivity contribution in [2.24, 2.45) is 0 Å². The van der Waals surface area contributed by atoms with Crippen molar-refractivity contribution in [2.75, 3.05) is 29.9 Å². The zero-order chi connectivity index (χ0) is 21.3. The predicted molar refractivity (Wildman–Crippen MR) is 114 cm³/mol. The molecule has 2 heterocycles. The van der Waals surface area contributed by atoms with Gasteiger partial charge in [-0.3, -0.25) is 9.59 Å². The van der Waals surface area contributed by atoms with Crippen molar-refractivity contribution >= 4 is 45.8 Å². The van der Waals surface area contributed by atoms with Gasteiger partial charge in [-0.05, 0) is 42.8 Å². The molecule has 156 valence electrons. The first-order valence-electron chi connectivity index (χ1n) is 9.41. The fourth-order valence-corrected chi connectivity index (χ4v) is 3.75. The van der Waals surface area contributed by atoms with E-state index in [1.807, 2.05) is 0 Å². The molecule has 0 atom stereocenters. The second-order valence-corrected chi connectivity index (χ2v) is 7.46. The van der Waals surface area contributed by atoms with Crippen LogP contribution in [-0.2, 0) is 11.4 Å². The normalized spacial score (nSPS) is 13.5. The molecule has 1 aliphatic rings. The quantitative estimate of drug-likeness (QED) is 0.495. The van der Waals surface area contributed by atoms with E-state index in [9.17, 15) is 19.8 Å². The number of anilines is 2. The van der Waals surface area contributed by atoms with Crippen LogP contribution < -0.4 is 15.0 Å². The van der Waals surface area contributed by atoms with E-state index in [1.54, 1.807) is 41.3 Å². The van der Waals surface area contributed by atoms with E-state index in [0.29, 0.717) is 53.0 Å². The number of H-pyrrole nitrogens is 1. The monoisotopic (exact) mass is 429 g/mol. The van der Waals surface area contributed by atoms with Gasteiger partial charge in [0.1, 0.15) is 18.0 Å². The number of amides is 1. The maximum absolute atomic E-state index is 12.8. The molecule has 30 heavy (non-hydrogen) atoms. The molecule has 9 heteroatoms. The van der Waals surface area contributed by atoms with E-state index in [-0.39, 0.29) is 19.1 Å². The molecule has 0 saturated heterocycles. The summed E-state index contributed by atoms with van der Waals surface area (Å²) in [4.78, 5) is 28.8. The number of aliphatic hydroxyl groups excluding tert-OH is 1. The number of nitrogens with zero attached hydrogens (tertiary/aromatic N) is 1. The van der Waals surface area contributed by atoms with Crippen LogP contribution in [0.2, 0.25) is 5.02 Å². The highest BCUT2D eigenvalue weighted by Crippen LogP contribution is 2.37. The molecule has 3 aromatic rings. The van der Waals surface area contributed by atoms with Gasteiger partial charge in [-0.15, -0.1) is 0 Å². The molecule has 2 aromatic carbocycles. The fraction of sp³-hybridized carbons (Fsp3) is 0.238. The minimum Gasteiger partial charge on any atom is -0.491 e. The average molecular weight is 430 g/mol. The Hall–Kier alpha value is -3.23. The van der Waals surface area contributed by atoms with Crippen molar-refractivity contribution in [2.45, 2.75) is 13.0 Å². The van der Waals surface area contributed by atoms with Gasteiger partial charge in [-0.2, -0.15) is 0 Å². The minimum atomic E-state index is -0.973. The van der Waals surface area contributed by atoms with Crippen molar-refractivity contribution in [3.8, 4) is 5.75 Å². The number of aromatic amines is 1. The highest BCUT2D eigenvalue weighted by atomic mass is 35.5. The summed E-state index contributed by atoms with van der Waals surface area (Å²) in [7, 11) is 0. The zero-order valence-corrected chi connectivity index (χ0v) is 16.7. The van der Waals surface area contributed by atoms with Crippen molar-refractivity contribution in [1.29, 1.82) is 0 Å². The summed E-state index contributed by atoms with van der Waals surface area (Å²) >= 11 is 6.00. The Kier molecular flexibility index (Phi) is 5.52. The molecule has 1 aliphatic heterocycles. The minimum absolute atomic E-state index is 0.207. The predicted octanol–water partition coefficient (Wildman–Crippen LogP) is 3.24. The lowest BCUT2D eigenvalue weighted by Gasteiger charge is -2.23. The lowest BCUT2D eigenvalue weighted by Crippen LogP contribution is -2.30. The third-order valence-corrected chi connectivity index (χ3v) is 5.12. The Balaban J connectivity index is 1.67. The second-order valence-electron chi connectivity index (χ2n) is 7.03. The summed E-state index contributed by atoms with van der Waals surface area (Å²) in [6.45, 7) is 0.392. The molecule has 4 N–H and O–H groups in total. The van der Waals surface area contributed by atoms with E-state index in [2.05, 4.69) is 10.3 Å². The highest BCUT2D eigenvalue weighted by molar-refractivity contribution is 6.31. The number of hydrogen-bond donors (Lipinski definition) is 4. The molecule has 8 nitrogen and oxygen atoms in total. The second kappa shape index (κ2) is 8.25. The molecule has 1 aromatic heterocycles. The van der Waals surface area contributed by atoms with Crippen LogP contribution in [0.3, 0.4) is 0 Å². The fourth-order valence-electron chi connectivity index (χ4n) is 3.57. The molecular formula is C21H20ClN3O5. The summed E-state index contributed by atoms with van der Waals surface area (Å²) in [6.07, 6.45) is 0.645. The van der Waals surface area contributed by atoms with Crippen LogP contribution >= 0.6 is 11.6 Å². The van der Waals surface area contributed by atoms with Crippen molar-refractivity contribution in [1.82, 2.24) is 4.98 Å². The van der Waals surface area contributed by atoms with Gasteiger partial charge in [0.05, 0.1) is 18.9 Å². The van der Waals surface area contributed by atoms with Crippen LogP contribution in [0.5, 0.6) is 5.75 Å². The number of hydrogen-bond acceptors (Lipinski definition) is 5. The van der Waals surface area contributed by atoms with Crippen LogP contribution in [0.4, 0.5) is 11.4 Å². The number of carboxylic acids is 1. The van der Waals surface area contributed by atoms with Crippen molar-refractivity contribution in [3.05, 3.63) is 52.7 Å². The molecule has 0 bridgehead atoms. The van der Waals surface area contributed by atoms with E-state index in [4.69, 9.17) is 16.3 Å². The first-order valence-corrected chi connectivity index (χ1v) is 9.79. The van der Waals surface area contributed by atoms with Gasteiger partial charge in [-0.1, -0.05) is 11.6 Å². The van der Waals surface area contributed by atoms with Gasteiger partial charge in [0.2, 0.25) is 0 Å². The first kappa shape index (κ1) is 20.1. The largest absolute Gasteiger partial charge is 0.491 e. The van der Waals surface area contributed by atoms with Gasteiger partial charge >= 0.3 is 5.97 Å². The van der Waals surface area contributed by atoms with Gasteiger partial charge in [0.15, 0.2) is 0 Å². The van der Waals surface area contributed by atoms with E-state index < -0.39 is 5.97 Å². The van der Waals surface area contributed by atoms with Crippen molar-refractivity contribution in [3.63, 3.8) is 0 Å². The van der Waals surface area contributed by atoms with Gasteiger partial charge in [0.25, 0.3) is 5.91 Å². The lowest BCUT2D eigenvalue weighted by molar-refractivity contribution is -0.135. The molecule has 0 saturated carbocycles. The number of benzene rings is 2. The number of carbonyl (C=O) groups is 2. The molecule has 0 unspecified atom stereocenters. The smallest absolute Gasteiger partial charge is 0.323 e. The Morgan fingerprint density at radius 1 is 1.23 bits per heavy atom. The topological polar surface area (TPSA) is 115 Å². The SMILES string of the molecule is O=C(O)CN1CCCOc2c(CO)cc(NC(=O)c3cc4cc(Cl)ccc4[nH]3)cc21. The summed E-state index contributed by atoms with van der Waals surface area (Å²) in [5.41, 5.74) is 2.57. The van der Waals surface area contributed by atoms with Gasteiger partial charge < -0.3 is 30.2 Å². The standard InChI is InChI=1S/C21H20ClN3O5/c22-14-2-3-16-12(6-14)8-17(24-16)21(29)23-15-7-13(11-26)20-18(9-15)25(10-19(27)28)4-1-5-30-20/h2-3,6-9,24,26H,1,4-5,10-11H2,(H,23,29)(H,27,28). The molecule has 0 spiro atoms. The van der Waals surface area contributed by atoms with Crippen LogP contribution in [-0.4, -0.2) is 46.8 Å². The maximum atomic E-state index is 12.8. The number of aliphatic carboxylic acids is 1. The number of carbonyl (C=O) groups excluding carboxylic acids is 1. The first-order chi connectivity index (χ1) is 14.4. The number of aliphatic hydroxyl groups is 1. The number of ether oxygens (including phenoxy) is 1. The van der Waals surface area contributed by atoms with Crippen LogP contribution in [0.1, 0.15) is 22.5 Å². The van der Waals surface area contributed by atoms with E-state index in [1.165, 1.54) is 0 Å². The number of halogens is 1. The third-order valence-electron chi connectivity index (χ3n) is 4.89. The van der Waals surface area contributed by atoms with Crippen molar-refractivity contribution < 1.29 is 24.5 Å². The summed E-state index contributed by atoms with van der Waals surface area (Å²) in [6, 6.07) is 10.3. The number of nitrogens with one attached hydrogen (secondary N) is 2. The van der Waals surface area contributed by atoms with E-state index in [0.717, 1.165) is 10.9 Å². The molecule has 4 rings (SSSR count). The summed E-state index contributed by atoms with van der Waals surface area (Å²) in [5.74, 6) is -0.903. The number of aromatic nitrogens is 1. The maximum Gasteiger partial charge on any atom is 0.323 e. The lowest BCUT2D eigenvalue weighted by atomic mass is 10.1. The van der Waals surface area contributed by atoms with Crippen LogP contribution in [0, 0.1) is 0 Å². The van der Waals surface area contributed by atoms with Crippen LogP contribution in [0.15, 0.2) is 36.4 Å². The summed E-state index contributed by atoms with van der Waals surface area (Å²) < 4.78 is 5.75. The Labute approximate surface area is 177 Å². The zero-order valence-electron chi connectivity index (χ0n) is 15.9. The average Bonchev–Trinajstić information content (AvgIpc) is 3.03. The number of rotatable bonds is 5. The molecular weight excluding hydrogens is 410 g/mol. The van der Waals surface area contributed by atoms with E-state index >= 15 is 0 Å². The Bertz CT molecular complexity index is 1130. The molecule has 0 fully saturated rings. The molecule has 1 amide bonds. The number of carboxylic acid groups (broad SMARTS) is 1. The Morgan fingerprint density at radius 2 is 2.07 bits per heavy atom. The van der Waals surface area contributed by atoms with Gasteiger partial charge in [-0.25, -0.2) is 0 Å². The van der Waals surface area contributed by atoms with Gasteiger partial charge in [0, 0.05) is 33.7 Å². The molecule has 0 aliphatic carbocycles. The molecule has 0 radical (unpaired) electrons. The third kappa shape index (κ3) is 4.05. The Morgan fingerprint density at radius 3 is 2.83 bits per heavy atom. The highest BCUT2D eigenvalue weighted by Gasteiger charge is 2.23. The van der Waals surface area contributed by atoms with Crippen LogP contribution in [0.25, 0.3) is 10.9 Å².